The van der Waals surface area contributed by atoms with E-state index in [0.717, 1.165) is 18.6 Å². The van der Waals surface area contributed by atoms with Crippen molar-refractivity contribution in [1.29, 1.82) is 0 Å². The summed E-state index contributed by atoms with van der Waals surface area (Å²) < 4.78 is 5.27. The Labute approximate surface area is 119 Å². The van der Waals surface area contributed by atoms with E-state index < -0.39 is 0 Å². The maximum atomic E-state index is 12.3. The molecule has 0 spiro atoms. The normalized spacial score (nSPS) is 16.9. The van der Waals surface area contributed by atoms with Gasteiger partial charge in [-0.3, -0.25) is 4.79 Å². The van der Waals surface area contributed by atoms with Gasteiger partial charge in [-0.25, -0.2) is 0 Å². The molecule has 1 aliphatic rings. The van der Waals surface area contributed by atoms with Gasteiger partial charge < -0.3 is 9.32 Å². The lowest BCUT2D eigenvalue weighted by atomic mass is 10.1. The zero-order valence-electron chi connectivity index (χ0n) is 11.7. The number of benzene rings is 1. The molecule has 0 saturated carbocycles. The Morgan fingerprint density at radius 2 is 2.15 bits per heavy atom. The lowest BCUT2D eigenvalue weighted by Crippen LogP contribution is -2.30. The SMILES string of the molecule is CN(C(=O)CCc1ccco1)[C@@H]1CCc2ccccc21. The van der Waals surface area contributed by atoms with E-state index in [2.05, 4.69) is 24.3 Å². The molecule has 3 heteroatoms. The van der Waals surface area contributed by atoms with Gasteiger partial charge in [-0.1, -0.05) is 24.3 Å². The summed E-state index contributed by atoms with van der Waals surface area (Å²) in [6.45, 7) is 0. The van der Waals surface area contributed by atoms with Crippen LogP contribution in [-0.4, -0.2) is 17.9 Å². The fourth-order valence-corrected chi connectivity index (χ4v) is 2.97. The van der Waals surface area contributed by atoms with E-state index in [0.29, 0.717) is 12.8 Å². The molecule has 0 unspecified atom stereocenters. The number of amides is 1. The van der Waals surface area contributed by atoms with Crippen molar-refractivity contribution in [3.05, 3.63) is 59.5 Å². The molecule has 1 aromatic carbocycles. The predicted octanol–water partition coefficient (Wildman–Crippen LogP) is 3.36. The van der Waals surface area contributed by atoms with E-state index in [1.807, 2.05) is 24.1 Å². The van der Waals surface area contributed by atoms with Gasteiger partial charge in [-0.2, -0.15) is 0 Å². The molecular weight excluding hydrogens is 250 g/mol. The molecule has 1 aliphatic carbocycles. The number of fused-ring (bicyclic) bond motifs is 1. The lowest BCUT2D eigenvalue weighted by molar-refractivity contribution is -0.132. The number of hydrogen-bond donors (Lipinski definition) is 0. The molecule has 1 atom stereocenters. The van der Waals surface area contributed by atoms with Gasteiger partial charge in [0.25, 0.3) is 0 Å². The first-order valence-corrected chi connectivity index (χ1v) is 7.11. The molecule has 0 bridgehead atoms. The number of nitrogens with zero attached hydrogens (tertiary/aromatic N) is 1. The maximum absolute atomic E-state index is 12.3. The summed E-state index contributed by atoms with van der Waals surface area (Å²) in [5.41, 5.74) is 2.68. The first-order valence-electron chi connectivity index (χ1n) is 7.11. The van der Waals surface area contributed by atoms with E-state index >= 15 is 0 Å². The Hall–Kier alpha value is -2.03. The predicted molar refractivity (Wildman–Crippen MR) is 77.3 cm³/mol. The van der Waals surface area contributed by atoms with Gasteiger partial charge in [-0.05, 0) is 36.1 Å². The second-order valence-electron chi connectivity index (χ2n) is 5.34. The third kappa shape index (κ3) is 2.48. The van der Waals surface area contributed by atoms with Crippen molar-refractivity contribution in [3.8, 4) is 0 Å². The van der Waals surface area contributed by atoms with Crippen LogP contribution in [0.25, 0.3) is 0 Å². The van der Waals surface area contributed by atoms with Crippen LogP contribution in [0.2, 0.25) is 0 Å². The second-order valence-corrected chi connectivity index (χ2v) is 5.34. The van der Waals surface area contributed by atoms with Crippen LogP contribution in [0.5, 0.6) is 0 Å². The zero-order valence-corrected chi connectivity index (χ0v) is 11.7. The second kappa shape index (κ2) is 5.53. The molecule has 3 nitrogen and oxygen atoms in total. The van der Waals surface area contributed by atoms with Crippen molar-refractivity contribution in [1.82, 2.24) is 4.90 Å². The zero-order chi connectivity index (χ0) is 13.9. The molecule has 1 amide bonds. The molecule has 1 heterocycles. The summed E-state index contributed by atoms with van der Waals surface area (Å²) >= 11 is 0. The van der Waals surface area contributed by atoms with Crippen LogP contribution in [-0.2, 0) is 17.6 Å². The minimum absolute atomic E-state index is 0.183. The van der Waals surface area contributed by atoms with Crippen molar-refractivity contribution >= 4 is 5.91 Å². The highest BCUT2D eigenvalue weighted by molar-refractivity contribution is 5.76. The van der Waals surface area contributed by atoms with E-state index in [4.69, 9.17) is 4.42 Å². The van der Waals surface area contributed by atoms with Crippen molar-refractivity contribution in [2.45, 2.75) is 31.7 Å². The van der Waals surface area contributed by atoms with E-state index in [9.17, 15) is 4.79 Å². The molecule has 2 aromatic rings. The minimum atomic E-state index is 0.183. The highest BCUT2D eigenvalue weighted by Gasteiger charge is 2.27. The molecule has 1 aromatic heterocycles. The van der Waals surface area contributed by atoms with Crippen LogP contribution < -0.4 is 0 Å². The van der Waals surface area contributed by atoms with Crippen molar-refractivity contribution in [3.63, 3.8) is 0 Å². The van der Waals surface area contributed by atoms with Crippen LogP contribution in [0.3, 0.4) is 0 Å². The van der Waals surface area contributed by atoms with Crippen molar-refractivity contribution in [2.75, 3.05) is 7.05 Å². The smallest absolute Gasteiger partial charge is 0.223 e. The van der Waals surface area contributed by atoms with Crippen LogP contribution >= 0.6 is 0 Å². The van der Waals surface area contributed by atoms with Crippen molar-refractivity contribution in [2.24, 2.45) is 0 Å². The van der Waals surface area contributed by atoms with Gasteiger partial charge in [-0.15, -0.1) is 0 Å². The van der Waals surface area contributed by atoms with Crippen LogP contribution in [0.15, 0.2) is 47.1 Å². The van der Waals surface area contributed by atoms with E-state index in [-0.39, 0.29) is 11.9 Å². The molecule has 0 fully saturated rings. The summed E-state index contributed by atoms with van der Waals surface area (Å²) in [4.78, 5) is 14.2. The summed E-state index contributed by atoms with van der Waals surface area (Å²) in [5.74, 6) is 1.06. The number of carbonyl (C=O) groups excluding carboxylic acids is 1. The quantitative estimate of drug-likeness (QED) is 0.852. The summed E-state index contributed by atoms with van der Waals surface area (Å²) in [5, 5.41) is 0. The maximum Gasteiger partial charge on any atom is 0.223 e. The largest absolute Gasteiger partial charge is 0.469 e. The molecule has 0 radical (unpaired) electrons. The number of aryl methyl sites for hydroxylation is 2. The van der Waals surface area contributed by atoms with Crippen LogP contribution in [0, 0.1) is 0 Å². The van der Waals surface area contributed by atoms with Gasteiger partial charge in [0, 0.05) is 19.9 Å². The Morgan fingerprint density at radius 1 is 1.30 bits per heavy atom. The van der Waals surface area contributed by atoms with E-state index in [1.165, 1.54) is 11.1 Å². The lowest BCUT2D eigenvalue weighted by Gasteiger charge is -2.25. The molecule has 0 N–H and O–H groups in total. The topological polar surface area (TPSA) is 33.5 Å². The summed E-state index contributed by atoms with van der Waals surface area (Å²) in [6.07, 6.45) is 4.92. The molecule has 20 heavy (non-hydrogen) atoms. The van der Waals surface area contributed by atoms with Gasteiger partial charge in [0.2, 0.25) is 5.91 Å². The third-order valence-electron chi connectivity index (χ3n) is 4.13. The van der Waals surface area contributed by atoms with Crippen molar-refractivity contribution < 1.29 is 9.21 Å². The third-order valence-corrected chi connectivity index (χ3v) is 4.13. The average molecular weight is 269 g/mol. The van der Waals surface area contributed by atoms with Gasteiger partial charge in [0.05, 0.1) is 12.3 Å². The first kappa shape index (κ1) is 13.0. The highest BCUT2D eigenvalue weighted by atomic mass is 16.3. The molecular formula is C17H19NO2. The molecule has 0 saturated heterocycles. The summed E-state index contributed by atoms with van der Waals surface area (Å²) in [6, 6.07) is 12.4. The number of hydrogen-bond acceptors (Lipinski definition) is 2. The first-order chi connectivity index (χ1) is 9.75. The molecule has 104 valence electrons. The monoisotopic (exact) mass is 269 g/mol. The average Bonchev–Trinajstić information content (AvgIpc) is 3.13. The van der Waals surface area contributed by atoms with Crippen LogP contribution in [0.4, 0.5) is 0 Å². The van der Waals surface area contributed by atoms with E-state index in [1.54, 1.807) is 6.26 Å². The van der Waals surface area contributed by atoms with Gasteiger partial charge in [0.1, 0.15) is 5.76 Å². The fourth-order valence-electron chi connectivity index (χ4n) is 2.97. The Kier molecular flexibility index (Phi) is 3.59. The summed E-state index contributed by atoms with van der Waals surface area (Å²) in [7, 11) is 1.91. The Morgan fingerprint density at radius 3 is 2.95 bits per heavy atom. The Bertz CT molecular complexity index is 589. The number of rotatable bonds is 4. The molecule has 0 aliphatic heterocycles. The Balaban J connectivity index is 1.64. The molecule has 3 rings (SSSR count). The standard InChI is InChI=1S/C17H19NO2/c1-18(17(19)11-9-14-6-4-12-20-14)16-10-8-13-5-2-3-7-15(13)16/h2-7,12,16H,8-11H2,1H3/t16-/m1/s1. The van der Waals surface area contributed by atoms with Gasteiger partial charge >= 0.3 is 0 Å². The minimum Gasteiger partial charge on any atom is -0.469 e. The van der Waals surface area contributed by atoms with Crippen LogP contribution in [0.1, 0.15) is 35.8 Å². The highest BCUT2D eigenvalue weighted by Crippen LogP contribution is 2.35. The fraction of sp³-hybridized carbons (Fsp3) is 0.353. The number of furan rings is 1. The van der Waals surface area contributed by atoms with Gasteiger partial charge in [0.15, 0.2) is 0 Å². The number of carbonyl (C=O) groups is 1.